The fourth-order valence-electron chi connectivity index (χ4n) is 1.19. The molecular formula is C11H16IN. The molecule has 0 atom stereocenters. The zero-order valence-corrected chi connectivity index (χ0v) is 10.8. The Morgan fingerprint density at radius 1 is 1.23 bits per heavy atom. The smallest absolute Gasteiger partial charge is 0.0479 e. The predicted molar refractivity (Wildman–Crippen MR) is 67.0 cm³/mol. The third-order valence-corrected chi connectivity index (χ3v) is 3.09. The first-order valence-electron chi connectivity index (χ1n) is 4.38. The van der Waals surface area contributed by atoms with E-state index in [9.17, 15) is 0 Å². The molecule has 0 fully saturated rings. The van der Waals surface area contributed by atoms with E-state index < -0.39 is 0 Å². The number of hydrogen-bond donors (Lipinski definition) is 1. The molecule has 0 saturated carbocycles. The van der Waals surface area contributed by atoms with Gasteiger partial charge in [-0.15, -0.1) is 0 Å². The minimum absolute atomic E-state index is 0.207. The highest BCUT2D eigenvalue weighted by Gasteiger charge is 2.15. The number of halogens is 1. The highest BCUT2D eigenvalue weighted by molar-refractivity contribution is 14.1. The number of nitrogens with two attached hydrogens (primary N) is 1. The Labute approximate surface area is 93.9 Å². The van der Waals surface area contributed by atoms with Crippen molar-refractivity contribution in [2.24, 2.45) is 0 Å². The van der Waals surface area contributed by atoms with Crippen LogP contribution in [0.15, 0.2) is 12.1 Å². The van der Waals surface area contributed by atoms with Crippen molar-refractivity contribution in [2.75, 3.05) is 5.73 Å². The molecule has 0 amide bonds. The van der Waals surface area contributed by atoms with Crippen molar-refractivity contribution in [3.05, 3.63) is 26.8 Å². The van der Waals surface area contributed by atoms with Crippen LogP contribution in [0.25, 0.3) is 0 Å². The molecule has 2 heteroatoms. The molecule has 13 heavy (non-hydrogen) atoms. The lowest BCUT2D eigenvalue weighted by Gasteiger charge is -2.20. The average molecular weight is 289 g/mol. The number of nitrogen functional groups attached to an aromatic ring is 1. The molecule has 0 bridgehead atoms. The highest BCUT2D eigenvalue weighted by Crippen LogP contribution is 2.28. The second-order valence-electron chi connectivity index (χ2n) is 4.44. The summed E-state index contributed by atoms with van der Waals surface area (Å²) < 4.78 is 1.16. The monoisotopic (exact) mass is 289 g/mol. The Morgan fingerprint density at radius 3 is 2.15 bits per heavy atom. The molecule has 72 valence electrons. The number of benzene rings is 1. The zero-order valence-electron chi connectivity index (χ0n) is 8.61. The summed E-state index contributed by atoms with van der Waals surface area (Å²) >= 11 is 2.29. The predicted octanol–water partition coefficient (Wildman–Crippen LogP) is 3.48. The minimum atomic E-state index is 0.207. The molecule has 0 aliphatic carbocycles. The van der Waals surface area contributed by atoms with E-state index in [4.69, 9.17) is 5.73 Å². The first-order valence-corrected chi connectivity index (χ1v) is 5.46. The molecule has 0 spiro atoms. The van der Waals surface area contributed by atoms with Gasteiger partial charge in [-0.1, -0.05) is 26.8 Å². The van der Waals surface area contributed by atoms with E-state index in [1.54, 1.807) is 0 Å². The molecule has 0 aliphatic rings. The molecular weight excluding hydrogens is 273 g/mol. The van der Waals surface area contributed by atoms with Crippen LogP contribution in [0.2, 0.25) is 0 Å². The molecule has 0 aliphatic heterocycles. The largest absolute Gasteiger partial charge is 0.398 e. The minimum Gasteiger partial charge on any atom is -0.398 e. The Balaban J connectivity index is 3.29. The Hall–Kier alpha value is -0.250. The van der Waals surface area contributed by atoms with E-state index in [-0.39, 0.29) is 5.41 Å². The molecule has 0 saturated heterocycles. The van der Waals surface area contributed by atoms with E-state index in [0.29, 0.717) is 0 Å². The Morgan fingerprint density at radius 2 is 1.77 bits per heavy atom. The molecule has 1 nitrogen and oxygen atoms in total. The van der Waals surface area contributed by atoms with E-state index >= 15 is 0 Å². The molecule has 2 N–H and O–H groups in total. The normalized spacial score (nSPS) is 11.8. The summed E-state index contributed by atoms with van der Waals surface area (Å²) in [6.45, 7) is 8.71. The van der Waals surface area contributed by atoms with Crippen LogP contribution in [0.1, 0.15) is 31.9 Å². The lowest BCUT2D eigenvalue weighted by molar-refractivity contribution is 0.589. The second-order valence-corrected chi connectivity index (χ2v) is 5.60. The number of aryl methyl sites for hydroxylation is 1. The summed E-state index contributed by atoms with van der Waals surface area (Å²) in [7, 11) is 0. The van der Waals surface area contributed by atoms with Gasteiger partial charge in [0.25, 0.3) is 0 Å². The van der Waals surface area contributed by atoms with Gasteiger partial charge < -0.3 is 5.73 Å². The summed E-state index contributed by atoms with van der Waals surface area (Å²) in [6.07, 6.45) is 0. The molecule has 0 heterocycles. The van der Waals surface area contributed by atoms with E-state index in [0.717, 1.165) is 9.26 Å². The van der Waals surface area contributed by atoms with Gasteiger partial charge in [0.15, 0.2) is 0 Å². The lowest BCUT2D eigenvalue weighted by atomic mass is 9.86. The highest BCUT2D eigenvalue weighted by atomic mass is 127. The lowest BCUT2D eigenvalue weighted by Crippen LogP contribution is -2.12. The average Bonchev–Trinajstić information content (AvgIpc) is 1.97. The summed E-state index contributed by atoms with van der Waals surface area (Å²) in [5, 5.41) is 0. The van der Waals surface area contributed by atoms with Gasteiger partial charge in [-0.3, -0.25) is 0 Å². The van der Waals surface area contributed by atoms with Crippen molar-refractivity contribution in [1.82, 2.24) is 0 Å². The second kappa shape index (κ2) is 3.48. The van der Waals surface area contributed by atoms with Crippen LogP contribution < -0.4 is 5.73 Å². The SMILES string of the molecule is Cc1cc(C(C)(C)C)cc(I)c1N. The van der Waals surface area contributed by atoms with Crippen LogP contribution in [0.5, 0.6) is 0 Å². The van der Waals surface area contributed by atoms with Gasteiger partial charge in [0, 0.05) is 9.26 Å². The first kappa shape index (κ1) is 10.8. The maximum atomic E-state index is 5.89. The van der Waals surface area contributed by atoms with Gasteiger partial charge in [0.2, 0.25) is 0 Å². The number of rotatable bonds is 0. The van der Waals surface area contributed by atoms with Crippen molar-refractivity contribution >= 4 is 28.3 Å². The number of anilines is 1. The van der Waals surface area contributed by atoms with Crippen LogP contribution in [-0.4, -0.2) is 0 Å². The number of hydrogen-bond acceptors (Lipinski definition) is 1. The summed E-state index contributed by atoms with van der Waals surface area (Å²) in [6, 6.07) is 4.35. The summed E-state index contributed by atoms with van der Waals surface area (Å²) in [5.74, 6) is 0. The van der Waals surface area contributed by atoms with Crippen LogP contribution in [-0.2, 0) is 5.41 Å². The van der Waals surface area contributed by atoms with Gasteiger partial charge in [0.1, 0.15) is 0 Å². The quantitative estimate of drug-likeness (QED) is 0.574. The molecule has 0 radical (unpaired) electrons. The topological polar surface area (TPSA) is 26.0 Å². The van der Waals surface area contributed by atoms with Crippen molar-refractivity contribution in [3.63, 3.8) is 0 Å². The maximum Gasteiger partial charge on any atom is 0.0479 e. The van der Waals surface area contributed by atoms with Gasteiger partial charge in [0.05, 0.1) is 0 Å². The van der Waals surface area contributed by atoms with E-state index in [2.05, 4.69) is 62.4 Å². The Kier molecular flexibility index (Phi) is 2.90. The van der Waals surface area contributed by atoms with Crippen LogP contribution >= 0.6 is 22.6 Å². The van der Waals surface area contributed by atoms with Crippen LogP contribution in [0.3, 0.4) is 0 Å². The fourth-order valence-corrected chi connectivity index (χ4v) is 1.95. The molecule has 1 aromatic rings. The van der Waals surface area contributed by atoms with Crippen molar-refractivity contribution in [3.8, 4) is 0 Å². The molecule has 1 rings (SSSR count). The molecule has 1 aromatic carbocycles. The zero-order chi connectivity index (χ0) is 10.2. The molecule has 0 unspecified atom stereocenters. The first-order chi connectivity index (χ1) is 5.82. The standard InChI is InChI=1S/C11H16IN/c1-7-5-8(11(2,3)4)6-9(12)10(7)13/h5-6H,13H2,1-4H3. The van der Waals surface area contributed by atoms with Gasteiger partial charge in [-0.05, 0) is 52.1 Å². The third kappa shape index (κ3) is 2.36. The maximum absolute atomic E-state index is 5.89. The summed E-state index contributed by atoms with van der Waals surface area (Å²) in [5.41, 5.74) is 9.53. The van der Waals surface area contributed by atoms with Gasteiger partial charge >= 0.3 is 0 Å². The molecule has 0 aromatic heterocycles. The van der Waals surface area contributed by atoms with Gasteiger partial charge in [-0.2, -0.15) is 0 Å². The van der Waals surface area contributed by atoms with Crippen molar-refractivity contribution in [2.45, 2.75) is 33.1 Å². The van der Waals surface area contributed by atoms with E-state index in [1.807, 2.05) is 0 Å². The fraction of sp³-hybridized carbons (Fsp3) is 0.455. The summed E-state index contributed by atoms with van der Waals surface area (Å²) in [4.78, 5) is 0. The Bertz CT molecular complexity index is 300. The van der Waals surface area contributed by atoms with Crippen LogP contribution in [0.4, 0.5) is 5.69 Å². The van der Waals surface area contributed by atoms with Crippen molar-refractivity contribution in [1.29, 1.82) is 0 Å². The van der Waals surface area contributed by atoms with Crippen molar-refractivity contribution < 1.29 is 0 Å². The van der Waals surface area contributed by atoms with Gasteiger partial charge in [-0.25, -0.2) is 0 Å². The van der Waals surface area contributed by atoms with E-state index in [1.165, 1.54) is 11.1 Å². The third-order valence-electron chi connectivity index (χ3n) is 2.20. The van der Waals surface area contributed by atoms with Crippen LogP contribution in [0, 0.1) is 10.5 Å².